The number of hydrogen-bond acceptors (Lipinski definition) is 1. The average Bonchev–Trinajstić information content (AvgIpc) is 3.50. The number of fused-ring (bicyclic) bond motifs is 5. The van der Waals surface area contributed by atoms with Gasteiger partial charge in [0.05, 0.1) is 0 Å². The number of hydrogen-bond donors (Lipinski definition) is 0. The van der Waals surface area contributed by atoms with Gasteiger partial charge in [-0.1, -0.05) is 146 Å². The highest BCUT2D eigenvalue weighted by Gasteiger charge is 2.19. The summed E-state index contributed by atoms with van der Waals surface area (Å²) in [6.45, 7) is 0. The van der Waals surface area contributed by atoms with Crippen molar-refractivity contribution in [3.63, 3.8) is 0 Å². The van der Waals surface area contributed by atoms with Gasteiger partial charge >= 0.3 is 0 Å². The van der Waals surface area contributed by atoms with Crippen LogP contribution in [-0.4, -0.2) is 0 Å². The Morgan fingerprint density at radius 3 is 1.62 bits per heavy atom. The van der Waals surface area contributed by atoms with Gasteiger partial charge in [0.1, 0.15) is 11.2 Å². The van der Waals surface area contributed by atoms with E-state index >= 15 is 0 Å². The fourth-order valence-electron chi connectivity index (χ4n) is 7.07. The molecular formula is C44H28O. The summed E-state index contributed by atoms with van der Waals surface area (Å²) in [5.74, 6) is 0. The van der Waals surface area contributed by atoms with Gasteiger partial charge in [0.25, 0.3) is 0 Å². The van der Waals surface area contributed by atoms with E-state index in [9.17, 15) is 0 Å². The zero-order valence-corrected chi connectivity index (χ0v) is 24.6. The van der Waals surface area contributed by atoms with Gasteiger partial charge in [-0.3, -0.25) is 0 Å². The number of furan rings is 1. The monoisotopic (exact) mass is 572 g/mol. The second kappa shape index (κ2) is 10.4. The summed E-state index contributed by atoms with van der Waals surface area (Å²) in [5, 5.41) is 7.28. The molecule has 0 spiro atoms. The standard InChI is InChI=1S/C44H28O/c1-3-13-29(14-4-1)31-17-11-18-33(27-31)43-36-20-8-7-19-35(36)42(30-15-5-2-6-16-30)39-28-32(25-26-37(39)43)34-22-12-24-41-44(34)38-21-9-10-23-40(38)45-41/h1-28H. The molecule has 9 aromatic rings. The summed E-state index contributed by atoms with van der Waals surface area (Å²) in [7, 11) is 0. The molecule has 9 rings (SSSR count). The van der Waals surface area contributed by atoms with Gasteiger partial charge in [0, 0.05) is 10.8 Å². The lowest BCUT2D eigenvalue weighted by atomic mass is 9.84. The van der Waals surface area contributed by atoms with E-state index in [1.807, 2.05) is 6.07 Å². The second-order valence-electron chi connectivity index (χ2n) is 11.6. The lowest BCUT2D eigenvalue weighted by Crippen LogP contribution is -1.92. The van der Waals surface area contributed by atoms with Crippen LogP contribution in [0.4, 0.5) is 0 Å². The van der Waals surface area contributed by atoms with Gasteiger partial charge in [-0.25, -0.2) is 0 Å². The Bertz CT molecular complexity index is 2520. The van der Waals surface area contributed by atoms with Crippen molar-refractivity contribution in [1.29, 1.82) is 0 Å². The van der Waals surface area contributed by atoms with Crippen molar-refractivity contribution in [2.75, 3.05) is 0 Å². The third kappa shape index (κ3) is 4.17. The highest BCUT2D eigenvalue weighted by atomic mass is 16.3. The molecule has 1 heterocycles. The maximum Gasteiger partial charge on any atom is 0.136 e. The Hall–Kier alpha value is -5.92. The highest BCUT2D eigenvalue weighted by Crippen LogP contribution is 2.46. The molecule has 8 aromatic carbocycles. The fourth-order valence-corrected chi connectivity index (χ4v) is 7.07. The lowest BCUT2D eigenvalue weighted by molar-refractivity contribution is 0.669. The first-order valence-corrected chi connectivity index (χ1v) is 15.4. The average molecular weight is 573 g/mol. The van der Waals surface area contributed by atoms with E-state index in [4.69, 9.17) is 4.42 Å². The van der Waals surface area contributed by atoms with Crippen LogP contribution in [0.15, 0.2) is 174 Å². The van der Waals surface area contributed by atoms with E-state index in [0.29, 0.717) is 0 Å². The fraction of sp³-hybridized carbons (Fsp3) is 0. The van der Waals surface area contributed by atoms with Crippen LogP contribution in [0, 0.1) is 0 Å². The minimum Gasteiger partial charge on any atom is -0.456 e. The lowest BCUT2D eigenvalue weighted by Gasteiger charge is -2.19. The summed E-state index contributed by atoms with van der Waals surface area (Å²) >= 11 is 0. The number of rotatable bonds is 4. The summed E-state index contributed by atoms with van der Waals surface area (Å²) in [6.07, 6.45) is 0. The normalized spacial score (nSPS) is 11.6. The van der Waals surface area contributed by atoms with Crippen molar-refractivity contribution < 1.29 is 4.42 Å². The van der Waals surface area contributed by atoms with Gasteiger partial charge in [-0.2, -0.15) is 0 Å². The molecule has 0 bridgehead atoms. The molecule has 0 aliphatic rings. The van der Waals surface area contributed by atoms with Crippen molar-refractivity contribution >= 4 is 43.5 Å². The molecule has 45 heavy (non-hydrogen) atoms. The van der Waals surface area contributed by atoms with Crippen molar-refractivity contribution in [1.82, 2.24) is 0 Å². The largest absolute Gasteiger partial charge is 0.456 e. The minimum atomic E-state index is 0.911. The van der Waals surface area contributed by atoms with Crippen LogP contribution in [0.1, 0.15) is 0 Å². The first kappa shape index (κ1) is 25.6. The van der Waals surface area contributed by atoms with Crippen molar-refractivity contribution in [2.45, 2.75) is 0 Å². The molecular weight excluding hydrogens is 544 g/mol. The minimum absolute atomic E-state index is 0.911. The van der Waals surface area contributed by atoms with E-state index in [-0.39, 0.29) is 0 Å². The molecule has 1 heteroatoms. The molecule has 0 saturated carbocycles. The Morgan fingerprint density at radius 2 is 0.844 bits per heavy atom. The molecule has 0 aliphatic heterocycles. The van der Waals surface area contributed by atoms with Crippen LogP contribution in [0.5, 0.6) is 0 Å². The number of para-hydroxylation sites is 1. The molecule has 0 unspecified atom stereocenters. The molecule has 0 radical (unpaired) electrons. The summed E-state index contributed by atoms with van der Waals surface area (Å²) < 4.78 is 6.28. The highest BCUT2D eigenvalue weighted by molar-refractivity contribution is 6.22. The third-order valence-electron chi connectivity index (χ3n) is 9.06. The van der Waals surface area contributed by atoms with Crippen LogP contribution < -0.4 is 0 Å². The van der Waals surface area contributed by atoms with Crippen LogP contribution >= 0.6 is 0 Å². The molecule has 0 aliphatic carbocycles. The number of benzene rings is 8. The van der Waals surface area contributed by atoms with Gasteiger partial charge in [0.15, 0.2) is 0 Å². The van der Waals surface area contributed by atoms with Gasteiger partial charge in [-0.15, -0.1) is 0 Å². The molecule has 0 saturated heterocycles. The van der Waals surface area contributed by atoms with E-state index in [1.54, 1.807) is 0 Å². The maximum absolute atomic E-state index is 6.28. The summed E-state index contributed by atoms with van der Waals surface area (Å²) in [4.78, 5) is 0. The predicted octanol–water partition coefficient (Wildman–Crippen LogP) is 12.6. The van der Waals surface area contributed by atoms with Crippen LogP contribution in [0.2, 0.25) is 0 Å². The molecule has 0 amide bonds. The van der Waals surface area contributed by atoms with E-state index in [0.717, 1.165) is 21.9 Å². The molecule has 1 nitrogen and oxygen atoms in total. The topological polar surface area (TPSA) is 13.1 Å². The van der Waals surface area contributed by atoms with Crippen molar-refractivity contribution in [3.05, 3.63) is 170 Å². The van der Waals surface area contributed by atoms with Gasteiger partial charge < -0.3 is 4.42 Å². The Labute approximate surface area is 261 Å². The maximum atomic E-state index is 6.28. The van der Waals surface area contributed by atoms with E-state index < -0.39 is 0 Å². The van der Waals surface area contributed by atoms with Gasteiger partial charge in [-0.05, 0) is 90.3 Å². The summed E-state index contributed by atoms with van der Waals surface area (Å²) in [6, 6.07) is 61.0. The third-order valence-corrected chi connectivity index (χ3v) is 9.06. The van der Waals surface area contributed by atoms with Crippen LogP contribution in [0.25, 0.3) is 88.0 Å². The van der Waals surface area contributed by atoms with Gasteiger partial charge in [0.2, 0.25) is 0 Å². The predicted molar refractivity (Wildman–Crippen MR) is 190 cm³/mol. The van der Waals surface area contributed by atoms with Crippen molar-refractivity contribution in [2.24, 2.45) is 0 Å². The first-order valence-electron chi connectivity index (χ1n) is 15.4. The van der Waals surface area contributed by atoms with E-state index in [1.165, 1.54) is 66.1 Å². The molecule has 1 aromatic heterocycles. The Kier molecular flexibility index (Phi) is 5.89. The van der Waals surface area contributed by atoms with Crippen molar-refractivity contribution in [3.8, 4) is 44.5 Å². The van der Waals surface area contributed by atoms with Crippen LogP contribution in [0.3, 0.4) is 0 Å². The Balaban J connectivity index is 1.38. The molecule has 0 fully saturated rings. The summed E-state index contributed by atoms with van der Waals surface area (Å²) in [5.41, 5.74) is 11.6. The SMILES string of the molecule is c1ccc(-c2cccc(-c3c4ccccc4c(-c4ccccc4)c4cc(-c5cccc6oc7ccccc7c56)ccc34)c2)cc1. The quantitative estimate of drug-likeness (QED) is 0.191. The smallest absolute Gasteiger partial charge is 0.136 e. The molecule has 210 valence electrons. The van der Waals surface area contributed by atoms with E-state index in [2.05, 4.69) is 164 Å². The second-order valence-corrected chi connectivity index (χ2v) is 11.6. The first-order chi connectivity index (χ1) is 22.3. The molecule has 0 N–H and O–H groups in total. The Morgan fingerprint density at radius 1 is 0.289 bits per heavy atom. The molecule has 0 atom stereocenters. The zero-order valence-electron chi connectivity index (χ0n) is 24.6. The zero-order chi connectivity index (χ0) is 29.7. The van der Waals surface area contributed by atoms with Crippen LogP contribution in [-0.2, 0) is 0 Å².